The van der Waals surface area contributed by atoms with Crippen molar-refractivity contribution in [3.05, 3.63) is 59.2 Å². The molecule has 0 aliphatic heterocycles. The summed E-state index contributed by atoms with van der Waals surface area (Å²) in [7, 11) is 1.53. The third kappa shape index (κ3) is 4.58. The van der Waals surface area contributed by atoms with Crippen LogP contribution in [0.3, 0.4) is 0 Å². The summed E-state index contributed by atoms with van der Waals surface area (Å²) in [6.45, 7) is 4.61. The van der Waals surface area contributed by atoms with E-state index in [1.54, 1.807) is 18.2 Å². The first-order chi connectivity index (χ1) is 14.5. The monoisotopic (exact) mass is 410 g/mol. The quantitative estimate of drug-likeness (QED) is 0.675. The number of carbonyl (C=O) groups is 2. The Balaban J connectivity index is 1.71. The van der Waals surface area contributed by atoms with E-state index in [4.69, 9.17) is 9.47 Å². The minimum Gasteiger partial charge on any atom is -0.493 e. The molecule has 3 rings (SSSR count). The maximum absolute atomic E-state index is 13.1. The molecule has 2 aromatic rings. The minimum absolute atomic E-state index is 0.172. The summed E-state index contributed by atoms with van der Waals surface area (Å²) in [6, 6.07) is 13.0. The molecule has 0 heterocycles. The van der Waals surface area contributed by atoms with Gasteiger partial charge in [-0.25, -0.2) is 0 Å². The van der Waals surface area contributed by atoms with Gasteiger partial charge in [0.05, 0.1) is 19.1 Å². The Labute approximate surface area is 177 Å². The van der Waals surface area contributed by atoms with Gasteiger partial charge >= 0.3 is 0 Å². The first kappa shape index (κ1) is 21.7. The number of ether oxygens (including phenoxy) is 2. The van der Waals surface area contributed by atoms with Crippen molar-refractivity contribution in [2.24, 2.45) is 0 Å². The smallest absolute Gasteiger partial charge is 0.269 e. The highest BCUT2D eigenvalue weighted by molar-refractivity contribution is 5.97. The highest BCUT2D eigenvalue weighted by Gasteiger charge is 2.42. The number of nitrogens with one attached hydrogen (secondary N) is 2. The molecule has 0 spiro atoms. The first-order valence-electron chi connectivity index (χ1n) is 10.5. The topological polar surface area (TPSA) is 76.7 Å². The summed E-state index contributed by atoms with van der Waals surface area (Å²) in [6.07, 6.45) is 4.41. The van der Waals surface area contributed by atoms with E-state index in [1.165, 1.54) is 7.11 Å². The third-order valence-electron chi connectivity index (χ3n) is 5.64. The molecule has 6 nitrogen and oxygen atoms in total. The number of benzene rings is 2. The number of amides is 2. The molecule has 2 N–H and O–H groups in total. The lowest BCUT2D eigenvalue weighted by Gasteiger charge is -2.28. The number of hydrazine groups is 1. The third-order valence-corrected chi connectivity index (χ3v) is 5.64. The van der Waals surface area contributed by atoms with Gasteiger partial charge in [0.25, 0.3) is 5.91 Å². The fourth-order valence-electron chi connectivity index (χ4n) is 4.01. The van der Waals surface area contributed by atoms with Crippen LogP contribution in [0.1, 0.15) is 60.5 Å². The number of hydrogen-bond donors (Lipinski definition) is 2. The van der Waals surface area contributed by atoms with E-state index in [2.05, 4.69) is 16.9 Å². The fourth-order valence-corrected chi connectivity index (χ4v) is 4.01. The van der Waals surface area contributed by atoms with E-state index in [1.807, 2.05) is 32.0 Å². The van der Waals surface area contributed by atoms with Crippen LogP contribution in [0.2, 0.25) is 0 Å². The second-order valence-corrected chi connectivity index (χ2v) is 7.78. The fraction of sp³-hybridized carbons (Fsp3) is 0.417. The van der Waals surface area contributed by atoms with Crippen molar-refractivity contribution in [3.63, 3.8) is 0 Å². The second kappa shape index (κ2) is 9.65. The van der Waals surface area contributed by atoms with Crippen molar-refractivity contribution in [2.75, 3.05) is 13.7 Å². The number of carbonyl (C=O) groups excluding carboxylic acids is 2. The largest absolute Gasteiger partial charge is 0.493 e. The summed E-state index contributed by atoms with van der Waals surface area (Å²) in [5.41, 5.74) is 7.12. The minimum atomic E-state index is -0.602. The normalized spacial score (nSPS) is 14.8. The molecule has 1 aliphatic rings. The van der Waals surface area contributed by atoms with Crippen LogP contribution in [0.5, 0.6) is 11.5 Å². The SMILES string of the molecule is CCCOc1ccc(C(=O)NNC(=O)C2(c3cccc(C)c3)CCCC2)cc1OC. The molecular weight excluding hydrogens is 380 g/mol. The molecule has 1 aliphatic carbocycles. The molecule has 0 aromatic heterocycles. The lowest BCUT2D eigenvalue weighted by atomic mass is 9.77. The molecule has 1 saturated carbocycles. The Morgan fingerprint density at radius 3 is 2.47 bits per heavy atom. The molecule has 0 unspecified atom stereocenters. The lowest BCUT2D eigenvalue weighted by molar-refractivity contribution is -0.127. The van der Waals surface area contributed by atoms with E-state index >= 15 is 0 Å². The van der Waals surface area contributed by atoms with Gasteiger partial charge in [-0.05, 0) is 49.9 Å². The van der Waals surface area contributed by atoms with Gasteiger partial charge in [-0.15, -0.1) is 0 Å². The van der Waals surface area contributed by atoms with Crippen molar-refractivity contribution in [2.45, 2.75) is 51.4 Å². The van der Waals surface area contributed by atoms with E-state index in [0.717, 1.165) is 43.2 Å². The Hall–Kier alpha value is -3.02. The molecule has 0 atom stereocenters. The molecule has 2 amide bonds. The number of aryl methyl sites for hydroxylation is 1. The molecule has 2 aromatic carbocycles. The Kier molecular flexibility index (Phi) is 6.98. The van der Waals surface area contributed by atoms with Gasteiger partial charge in [-0.2, -0.15) is 0 Å². The van der Waals surface area contributed by atoms with Crippen LogP contribution in [-0.4, -0.2) is 25.5 Å². The van der Waals surface area contributed by atoms with Crippen molar-refractivity contribution in [1.82, 2.24) is 10.9 Å². The Morgan fingerprint density at radius 2 is 1.80 bits per heavy atom. The average Bonchev–Trinajstić information content (AvgIpc) is 3.27. The summed E-state index contributed by atoms with van der Waals surface area (Å²) < 4.78 is 11.0. The molecule has 30 heavy (non-hydrogen) atoms. The zero-order valence-corrected chi connectivity index (χ0v) is 17.9. The number of rotatable bonds is 7. The van der Waals surface area contributed by atoms with E-state index in [0.29, 0.717) is 23.7 Å². The van der Waals surface area contributed by atoms with Crippen molar-refractivity contribution in [1.29, 1.82) is 0 Å². The van der Waals surface area contributed by atoms with Crippen molar-refractivity contribution >= 4 is 11.8 Å². The maximum Gasteiger partial charge on any atom is 0.269 e. The lowest BCUT2D eigenvalue weighted by Crippen LogP contribution is -2.50. The summed E-state index contributed by atoms with van der Waals surface area (Å²) >= 11 is 0. The number of hydrogen-bond acceptors (Lipinski definition) is 4. The molecule has 6 heteroatoms. The van der Waals surface area contributed by atoms with Gasteiger partial charge < -0.3 is 9.47 Å². The molecular formula is C24H30N2O4. The number of methoxy groups -OCH3 is 1. The van der Waals surface area contributed by atoms with Crippen LogP contribution < -0.4 is 20.3 Å². The van der Waals surface area contributed by atoms with E-state index in [-0.39, 0.29) is 5.91 Å². The predicted molar refractivity (Wildman–Crippen MR) is 116 cm³/mol. The van der Waals surface area contributed by atoms with Gasteiger partial charge in [0.1, 0.15) is 0 Å². The summed E-state index contributed by atoms with van der Waals surface area (Å²) in [5.74, 6) is 0.494. The summed E-state index contributed by atoms with van der Waals surface area (Å²) in [5, 5.41) is 0. The maximum atomic E-state index is 13.1. The van der Waals surface area contributed by atoms with Gasteiger partial charge in [-0.3, -0.25) is 20.4 Å². The van der Waals surface area contributed by atoms with Crippen LogP contribution >= 0.6 is 0 Å². The molecule has 0 radical (unpaired) electrons. The van der Waals surface area contributed by atoms with Crippen molar-refractivity contribution < 1.29 is 19.1 Å². The zero-order valence-electron chi connectivity index (χ0n) is 17.9. The Morgan fingerprint density at radius 1 is 1.03 bits per heavy atom. The van der Waals surface area contributed by atoms with Crippen LogP contribution in [0.4, 0.5) is 0 Å². The first-order valence-corrected chi connectivity index (χ1v) is 10.5. The molecule has 160 valence electrons. The van der Waals surface area contributed by atoms with Crippen molar-refractivity contribution in [3.8, 4) is 11.5 Å². The van der Waals surface area contributed by atoms with Crippen LogP contribution in [0.25, 0.3) is 0 Å². The Bertz CT molecular complexity index is 904. The molecule has 1 fully saturated rings. The molecule has 0 bridgehead atoms. The van der Waals surface area contributed by atoms with E-state index in [9.17, 15) is 9.59 Å². The second-order valence-electron chi connectivity index (χ2n) is 7.78. The highest BCUT2D eigenvalue weighted by Crippen LogP contribution is 2.41. The van der Waals surface area contributed by atoms with Crippen LogP contribution in [0.15, 0.2) is 42.5 Å². The predicted octanol–water partition coefficient (Wildman–Crippen LogP) is 4.07. The van der Waals surface area contributed by atoms with Gasteiger partial charge in [0.15, 0.2) is 11.5 Å². The van der Waals surface area contributed by atoms with Gasteiger partial charge in [-0.1, -0.05) is 49.6 Å². The highest BCUT2D eigenvalue weighted by atomic mass is 16.5. The standard InChI is InChI=1S/C24H30N2O4/c1-4-14-30-20-11-10-18(16-21(20)29-3)22(27)25-26-23(28)24(12-5-6-13-24)19-9-7-8-17(2)15-19/h7-11,15-16H,4-6,12-14H2,1-3H3,(H,25,27)(H,26,28). The average molecular weight is 411 g/mol. The van der Waals surface area contributed by atoms with Gasteiger partial charge in [0.2, 0.25) is 5.91 Å². The zero-order chi connectivity index (χ0) is 21.6. The summed E-state index contributed by atoms with van der Waals surface area (Å²) in [4.78, 5) is 25.8. The van der Waals surface area contributed by atoms with Crippen LogP contribution in [-0.2, 0) is 10.2 Å². The molecule has 0 saturated heterocycles. The van der Waals surface area contributed by atoms with E-state index < -0.39 is 11.3 Å². The van der Waals surface area contributed by atoms with Crippen LogP contribution in [0, 0.1) is 6.92 Å². The van der Waals surface area contributed by atoms with Gasteiger partial charge in [0, 0.05) is 5.56 Å².